The van der Waals surface area contributed by atoms with E-state index >= 15 is 0 Å². The maximum absolute atomic E-state index is 12.9. The monoisotopic (exact) mass is 1030 g/mol. The molecule has 1 atom stereocenters. The van der Waals surface area contributed by atoms with E-state index in [2.05, 4.69) is 72.0 Å². The van der Waals surface area contributed by atoms with Gasteiger partial charge in [-0.3, -0.25) is 29.7 Å². The fourth-order valence-electron chi connectivity index (χ4n) is 6.46. The molecule has 5 heterocycles. The summed E-state index contributed by atoms with van der Waals surface area (Å²) < 4.78 is 5.32. The van der Waals surface area contributed by atoms with E-state index in [0.717, 1.165) is 56.1 Å². The average molecular weight is 1030 g/mol. The number of carbonyl (C=O) groups excluding carboxylic acids is 2. The van der Waals surface area contributed by atoms with Gasteiger partial charge in [0, 0.05) is 57.9 Å². The molecule has 11 heteroatoms. The van der Waals surface area contributed by atoms with Crippen molar-refractivity contribution in [1.29, 1.82) is 0 Å². The van der Waals surface area contributed by atoms with Crippen molar-refractivity contribution < 1.29 is 34.4 Å². The molecule has 2 N–H and O–H groups in total. The SMILES string of the molecule is CC(C)(C)OC(=O)N[C@H](Cc1ccncc1)C(=O)NCc1ccc(-c2ccccn2)nc1.[Ir].[c-]1ccccc1-c1ccc2ccccc2n1.[c-]1ccccc1-c1ccc2ccccc2n1. The van der Waals surface area contributed by atoms with Gasteiger partial charge in [-0.25, -0.2) is 4.79 Å². The number of pyridine rings is 5. The molecule has 0 bridgehead atoms. The Bertz CT molecular complexity index is 2770. The Hall–Kier alpha value is -7.46. The van der Waals surface area contributed by atoms with Crippen molar-refractivity contribution in [3.8, 4) is 33.9 Å². The molecule has 0 aliphatic carbocycles. The Labute approximate surface area is 393 Å². The van der Waals surface area contributed by atoms with Gasteiger partial charge in [0.05, 0.1) is 22.4 Å². The van der Waals surface area contributed by atoms with Gasteiger partial charge in [0.15, 0.2) is 0 Å². The first-order valence-electron chi connectivity index (χ1n) is 20.9. The van der Waals surface area contributed by atoms with Crippen LogP contribution in [0.3, 0.4) is 0 Å². The molecule has 0 aliphatic heterocycles. The summed E-state index contributed by atoms with van der Waals surface area (Å²) in [5.74, 6) is -0.318. The zero-order valence-corrected chi connectivity index (χ0v) is 38.6. The summed E-state index contributed by atoms with van der Waals surface area (Å²) in [6.45, 7) is 5.58. The Morgan fingerprint density at radius 2 is 1.14 bits per heavy atom. The van der Waals surface area contributed by atoms with Crippen LogP contribution in [-0.2, 0) is 42.6 Å². The van der Waals surface area contributed by atoms with Crippen LogP contribution in [0, 0.1) is 12.1 Å². The minimum absolute atomic E-state index is 0. The number of amides is 2. The zero-order valence-electron chi connectivity index (χ0n) is 36.2. The largest absolute Gasteiger partial charge is 0.444 e. The topological polar surface area (TPSA) is 132 Å². The zero-order chi connectivity index (χ0) is 44.6. The van der Waals surface area contributed by atoms with E-state index < -0.39 is 17.7 Å². The third-order valence-electron chi connectivity index (χ3n) is 9.58. The average Bonchev–Trinajstić information content (AvgIpc) is 3.34. The van der Waals surface area contributed by atoms with Crippen LogP contribution in [0.25, 0.3) is 55.7 Å². The van der Waals surface area contributed by atoms with Crippen LogP contribution in [0.4, 0.5) is 4.79 Å². The van der Waals surface area contributed by atoms with Gasteiger partial charge in [0.2, 0.25) is 5.91 Å². The van der Waals surface area contributed by atoms with Crippen molar-refractivity contribution in [1.82, 2.24) is 35.6 Å². The van der Waals surface area contributed by atoms with Crippen LogP contribution in [0.5, 0.6) is 0 Å². The summed E-state index contributed by atoms with van der Waals surface area (Å²) in [7, 11) is 0. The summed E-state index contributed by atoms with van der Waals surface area (Å²) in [5, 5.41) is 7.87. The number of alkyl carbamates (subject to hydrolysis) is 1. The second-order valence-electron chi connectivity index (χ2n) is 15.6. The molecular formula is C54H47IrN7O3-2. The number of benzene rings is 4. The number of fused-ring (bicyclic) bond motifs is 2. The Kier molecular flexibility index (Phi) is 16.8. The van der Waals surface area contributed by atoms with Crippen LogP contribution >= 0.6 is 0 Å². The second-order valence-corrected chi connectivity index (χ2v) is 15.6. The number of aromatic nitrogens is 5. The number of hydrogen-bond donors (Lipinski definition) is 2. The van der Waals surface area contributed by atoms with E-state index in [1.807, 2.05) is 127 Å². The van der Waals surface area contributed by atoms with E-state index in [1.165, 1.54) is 10.8 Å². The molecule has 0 unspecified atom stereocenters. The number of rotatable bonds is 9. The molecule has 0 aliphatic rings. The number of nitrogens with one attached hydrogen (secondary N) is 2. The Morgan fingerprint density at radius 3 is 1.66 bits per heavy atom. The van der Waals surface area contributed by atoms with Crippen molar-refractivity contribution in [2.24, 2.45) is 0 Å². The minimum Gasteiger partial charge on any atom is -0.444 e. The number of ether oxygens (including phenoxy) is 1. The van der Waals surface area contributed by atoms with Crippen molar-refractivity contribution in [3.63, 3.8) is 0 Å². The number of carbonyl (C=O) groups is 2. The molecule has 0 fully saturated rings. The van der Waals surface area contributed by atoms with Crippen LogP contribution < -0.4 is 10.6 Å². The maximum Gasteiger partial charge on any atom is 0.408 e. The summed E-state index contributed by atoms with van der Waals surface area (Å²) in [6.07, 6.45) is 6.37. The molecule has 9 aromatic rings. The van der Waals surface area contributed by atoms with Crippen molar-refractivity contribution >= 4 is 33.8 Å². The summed E-state index contributed by atoms with van der Waals surface area (Å²) in [6, 6.07) is 58.9. The van der Waals surface area contributed by atoms with Crippen LogP contribution in [0.15, 0.2) is 189 Å². The molecule has 4 aromatic carbocycles. The molecule has 5 aromatic heterocycles. The van der Waals surface area contributed by atoms with E-state index in [-0.39, 0.29) is 32.6 Å². The summed E-state index contributed by atoms with van der Waals surface area (Å²) in [4.78, 5) is 47.1. The van der Waals surface area contributed by atoms with Crippen LogP contribution in [0.2, 0.25) is 0 Å². The quantitative estimate of drug-likeness (QED) is 0.137. The molecule has 0 spiro atoms. The van der Waals surface area contributed by atoms with Crippen LogP contribution in [0.1, 0.15) is 31.9 Å². The molecule has 10 nitrogen and oxygen atoms in total. The van der Waals surface area contributed by atoms with Gasteiger partial charge in [-0.2, -0.15) is 0 Å². The molecule has 327 valence electrons. The molecular weight excluding hydrogens is 987 g/mol. The molecule has 9 rings (SSSR count). The standard InChI is InChI=1S/C24H27N5O3.2C15H10N.Ir/c1-24(2,3)32-23(31)29-21(14-17-9-12-25-13-10-17)22(30)28-16-18-7-8-20(27-15-18)19-6-4-5-11-26-19;2*1-2-6-12(7-3-1)15-11-10-13-8-4-5-9-14(13)16-15;/h4-13,15,21H,14,16H2,1-3H3,(H,28,30)(H,29,31);2*1-6,8-11H;/q;2*-1;/t21-;;;/m1.../s1. The van der Waals surface area contributed by atoms with Gasteiger partial charge in [0.1, 0.15) is 11.6 Å². The third-order valence-corrected chi connectivity index (χ3v) is 9.58. The predicted octanol–water partition coefficient (Wildman–Crippen LogP) is 10.7. The third kappa shape index (κ3) is 14.3. The molecule has 65 heavy (non-hydrogen) atoms. The smallest absolute Gasteiger partial charge is 0.408 e. The Morgan fingerprint density at radius 1 is 0.585 bits per heavy atom. The normalized spacial score (nSPS) is 11.1. The molecule has 0 saturated carbocycles. The van der Waals surface area contributed by atoms with Crippen molar-refractivity contribution in [3.05, 3.63) is 212 Å². The molecule has 1 radical (unpaired) electrons. The Balaban J connectivity index is 0.000000176. The molecule has 2 amide bonds. The second kappa shape index (κ2) is 23.3. The first kappa shape index (κ1) is 47.0. The first-order chi connectivity index (χ1) is 31.2. The number of hydrogen-bond acceptors (Lipinski definition) is 8. The van der Waals surface area contributed by atoms with E-state index in [0.29, 0.717) is 6.42 Å². The van der Waals surface area contributed by atoms with E-state index in [4.69, 9.17) is 4.74 Å². The van der Waals surface area contributed by atoms with Gasteiger partial charge in [-0.05, 0) is 96.5 Å². The first-order valence-corrected chi connectivity index (χ1v) is 20.9. The fourth-order valence-corrected chi connectivity index (χ4v) is 6.46. The minimum atomic E-state index is -0.798. The van der Waals surface area contributed by atoms with Gasteiger partial charge < -0.3 is 15.4 Å². The van der Waals surface area contributed by atoms with Gasteiger partial charge in [-0.1, -0.05) is 72.8 Å². The van der Waals surface area contributed by atoms with E-state index in [1.54, 1.807) is 57.7 Å². The van der Waals surface area contributed by atoms with Gasteiger partial charge in [0.25, 0.3) is 0 Å². The fraction of sp³-hybridized carbons (Fsp3) is 0.130. The van der Waals surface area contributed by atoms with Crippen molar-refractivity contribution in [2.75, 3.05) is 0 Å². The maximum atomic E-state index is 12.9. The van der Waals surface area contributed by atoms with Gasteiger partial charge >= 0.3 is 6.09 Å². The van der Waals surface area contributed by atoms with Crippen molar-refractivity contribution in [2.45, 2.75) is 45.4 Å². The number of nitrogens with zero attached hydrogens (tertiary/aromatic N) is 5. The van der Waals surface area contributed by atoms with Gasteiger partial charge in [-0.15, -0.1) is 71.8 Å². The molecule has 0 saturated heterocycles. The summed E-state index contributed by atoms with van der Waals surface area (Å²) in [5.41, 5.74) is 8.64. The predicted molar refractivity (Wildman–Crippen MR) is 252 cm³/mol. The number of para-hydroxylation sites is 2. The van der Waals surface area contributed by atoms with Crippen LogP contribution in [-0.4, -0.2) is 48.6 Å². The van der Waals surface area contributed by atoms with E-state index in [9.17, 15) is 9.59 Å². The summed E-state index contributed by atoms with van der Waals surface area (Å²) >= 11 is 0.